The summed E-state index contributed by atoms with van der Waals surface area (Å²) in [6.07, 6.45) is 3.89. The van der Waals surface area contributed by atoms with Crippen molar-refractivity contribution in [3.8, 4) is 0 Å². The van der Waals surface area contributed by atoms with Crippen LogP contribution in [0.2, 0.25) is 0 Å². The van der Waals surface area contributed by atoms with E-state index in [1.54, 1.807) is 0 Å². The molecule has 0 radical (unpaired) electrons. The van der Waals surface area contributed by atoms with E-state index in [0.717, 1.165) is 44.3 Å². The van der Waals surface area contributed by atoms with E-state index >= 15 is 0 Å². The molecule has 1 aliphatic heterocycles. The molecule has 31 heavy (non-hydrogen) atoms. The monoisotopic (exact) mass is 409 g/mol. The average Bonchev–Trinajstić information content (AvgIpc) is 3.32. The normalized spacial score (nSPS) is 26.3. The summed E-state index contributed by atoms with van der Waals surface area (Å²) in [7, 11) is 0. The molecule has 2 heteroatoms. The van der Waals surface area contributed by atoms with Crippen molar-refractivity contribution in [3.63, 3.8) is 0 Å². The van der Waals surface area contributed by atoms with E-state index in [9.17, 15) is 5.11 Å². The van der Waals surface area contributed by atoms with Crippen LogP contribution in [0.15, 0.2) is 72.8 Å². The van der Waals surface area contributed by atoms with Crippen LogP contribution in [0.1, 0.15) is 65.0 Å². The lowest BCUT2D eigenvalue weighted by Gasteiger charge is -2.45. The molecule has 1 atom stereocenters. The summed E-state index contributed by atoms with van der Waals surface area (Å²) in [6.45, 7) is 4.11. The summed E-state index contributed by atoms with van der Waals surface area (Å²) in [5, 5.41) is 16.1. The Kier molecular flexibility index (Phi) is 4.38. The smallest absolute Gasteiger partial charge is 0.0937 e. The van der Waals surface area contributed by atoms with Gasteiger partial charge in [0.2, 0.25) is 0 Å². The van der Waals surface area contributed by atoms with Gasteiger partial charge in [-0.05, 0) is 79.4 Å². The molecule has 2 aliphatic carbocycles. The maximum atomic E-state index is 12.6. The molecule has 2 bridgehead atoms. The number of hydrogen-bond donors (Lipinski definition) is 2. The maximum Gasteiger partial charge on any atom is 0.0937 e. The predicted molar refractivity (Wildman–Crippen MR) is 125 cm³/mol. The van der Waals surface area contributed by atoms with Gasteiger partial charge in [-0.1, -0.05) is 78.4 Å². The van der Waals surface area contributed by atoms with Gasteiger partial charge in [-0.2, -0.15) is 0 Å². The molecule has 158 valence electrons. The van der Waals surface area contributed by atoms with Crippen molar-refractivity contribution in [1.82, 2.24) is 5.32 Å². The van der Waals surface area contributed by atoms with Crippen LogP contribution in [0.4, 0.5) is 0 Å². The third-order valence-corrected chi connectivity index (χ3v) is 8.36. The van der Waals surface area contributed by atoms with E-state index in [2.05, 4.69) is 85.0 Å². The van der Waals surface area contributed by atoms with Gasteiger partial charge in [0.05, 0.1) is 5.60 Å². The van der Waals surface area contributed by atoms with Crippen molar-refractivity contribution in [1.29, 1.82) is 0 Å². The summed E-state index contributed by atoms with van der Waals surface area (Å²) in [5.41, 5.74) is 7.20. The fourth-order valence-corrected chi connectivity index (χ4v) is 6.99. The molecule has 3 aliphatic rings. The van der Waals surface area contributed by atoms with Crippen LogP contribution in [0.5, 0.6) is 0 Å². The lowest BCUT2D eigenvalue weighted by atomic mass is 9.63. The van der Waals surface area contributed by atoms with Crippen LogP contribution in [0, 0.1) is 12.8 Å². The van der Waals surface area contributed by atoms with Crippen LogP contribution < -0.4 is 5.32 Å². The van der Waals surface area contributed by atoms with E-state index in [4.69, 9.17) is 0 Å². The Hall–Kier alpha value is -2.42. The Morgan fingerprint density at radius 2 is 1.55 bits per heavy atom. The average molecular weight is 410 g/mol. The topological polar surface area (TPSA) is 32.3 Å². The van der Waals surface area contributed by atoms with Crippen molar-refractivity contribution in [2.24, 2.45) is 5.92 Å². The molecule has 0 saturated carbocycles. The second kappa shape index (κ2) is 7.05. The summed E-state index contributed by atoms with van der Waals surface area (Å²) < 4.78 is 0. The molecule has 2 N–H and O–H groups in total. The van der Waals surface area contributed by atoms with Crippen LogP contribution in [-0.4, -0.2) is 18.2 Å². The van der Waals surface area contributed by atoms with Crippen molar-refractivity contribution >= 4 is 0 Å². The zero-order valence-corrected chi connectivity index (χ0v) is 18.3. The highest BCUT2D eigenvalue weighted by atomic mass is 16.3. The number of aliphatic hydroxyl groups is 1. The first-order chi connectivity index (χ1) is 15.1. The minimum atomic E-state index is -0.840. The van der Waals surface area contributed by atoms with Crippen molar-refractivity contribution in [2.75, 3.05) is 13.1 Å². The first-order valence-corrected chi connectivity index (χ1v) is 11.8. The van der Waals surface area contributed by atoms with Crippen molar-refractivity contribution < 1.29 is 5.11 Å². The van der Waals surface area contributed by atoms with Crippen LogP contribution >= 0.6 is 0 Å². The molecule has 1 fully saturated rings. The molecule has 0 spiro atoms. The molecular formula is C29H31NO. The largest absolute Gasteiger partial charge is 0.385 e. The summed E-state index contributed by atoms with van der Waals surface area (Å²) in [4.78, 5) is 0. The fourth-order valence-electron chi connectivity index (χ4n) is 6.99. The lowest BCUT2D eigenvalue weighted by Crippen LogP contribution is -2.46. The Labute approximate surface area is 185 Å². The maximum absolute atomic E-state index is 12.6. The highest BCUT2D eigenvalue weighted by Crippen LogP contribution is 2.64. The molecule has 6 rings (SSSR count). The third-order valence-electron chi connectivity index (χ3n) is 8.36. The van der Waals surface area contributed by atoms with Gasteiger partial charge in [-0.15, -0.1) is 0 Å². The zero-order chi connectivity index (χ0) is 21.1. The molecular weight excluding hydrogens is 378 g/mol. The van der Waals surface area contributed by atoms with Gasteiger partial charge >= 0.3 is 0 Å². The van der Waals surface area contributed by atoms with E-state index in [0.29, 0.717) is 5.92 Å². The van der Waals surface area contributed by atoms with E-state index in [1.807, 2.05) is 0 Å². The molecule has 3 aromatic rings. The van der Waals surface area contributed by atoms with Crippen LogP contribution in [0.3, 0.4) is 0 Å². The van der Waals surface area contributed by atoms with Crippen molar-refractivity contribution in [3.05, 3.63) is 106 Å². The number of benzene rings is 3. The lowest BCUT2D eigenvalue weighted by molar-refractivity contribution is -0.0565. The Morgan fingerprint density at radius 3 is 2.19 bits per heavy atom. The van der Waals surface area contributed by atoms with Gasteiger partial charge in [0.15, 0.2) is 0 Å². The highest BCUT2D eigenvalue weighted by molar-refractivity contribution is 5.63. The van der Waals surface area contributed by atoms with Gasteiger partial charge in [0, 0.05) is 11.3 Å². The SMILES string of the molecule is Cc1cccc(C(O)(CC23CC(c4ccccc42)c2ccccc23)C2CCNCC2)c1. The summed E-state index contributed by atoms with van der Waals surface area (Å²) >= 11 is 0. The molecule has 1 heterocycles. The molecule has 1 saturated heterocycles. The summed E-state index contributed by atoms with van der Waals surface area (Å²) in [6, 6.07) is 26.6. The number of fused-ring (bicyclic) bond motifs is 8. The van der Waals surface area contributed by atoms with Gasteiger partial charge in [0.25, 0.3) is 0 Å². The van der Waals surface area contributed by atoms with Gasteiger partial charge in [0.1, 0.15) is 0 Å². The number of hydrogen-bond acceptors (Lipinski definition) is 2. The number of rotatable bonds is 4. The quantitative estimate of drug-likeness (QED) is 0.604. The zero-order valence-electron chi connectivity index (χ0n) is 18.3. The van der Waals surface area contributed by atoms with E-state index in [-0.39, 0.29) is 11.3 Å². The minimum Gasteiger partial charge on any atom is -0.385 e. The highest BCUT2D eigenvalue weighted by Gasteiger charge is 2.57. The summed E-state index contributed by atoms with van der Waals surface area (Å²) in [5.74, 6) is 0.728. The van der Waals surface area contributed by atoms with Gasteiger partial charge in [-0.25, -0.2) is 0 Å². The minimum absolute atomic E-state index is 0.110. The molecule has 0 amide bonds. The van der Waals surface area contributed by atoms with E-state index < -0.39 is 5.60 Å². The first-order valence-electron chi connectivity index (χ1n) is 11.8. The third kappa shape index (κ3) is 2.78. The van der Waals surface area contributed by atoms with E-state index in [1.165, 1.54) is 27.8 Å². The van der Waals surface area contributed by atoms with Gasteiger partial charge < -0.3 is 10.4 Å². The molecule has 3 aromatic carbocycles. The van der Waals surface area contributed by atoms with Gasteiger partial charge in [-0.3, -0.25) is 0 Å². The second-order valence-electron chi connectivity index (χ2n) is 10.0. The van der Waals surface area contributed by atoms with Crippen molar-refractivity contribution in [2.45, 2.75) is 49.5 Å². The fraction of sp³-hybridized carbons (Fsp3) is 0.379. The number of aryl methyl sites for hydroxylation is 1. The molecule has 1 unspecified atom stereocenters. The number of nitrogens with one attached hydrogen (secondary N) is 1. The van der Waals surface area contributed by atoms with Crippen LogP contribution in [0.25, 0.3) is 0 Å². The second-order valence-corrected chi connectivity index (χ2v) is 10.0. The number of piperidine rings is 1. The Morgan fingerprint density at radius 1 is 0.903 bits per heavy atom. The first kappa shape index (κ1) is 19.3. The van der Waals surface area contributed by atoms with Crippen LogP contribution in [-0.2, 0) is 11.0 Å². The Balaban J connectivity index is 1.53. The molecule has 2 nitrogen and oxygen atoms in total. The Bertz CT molecular complexity index is 1080. The molecule has 0 aromatic heterocycles. The standard InChI is InChI=1S/C29H31NO/c1-20-7-6-8-22(17-20)29(31,21-13-15-30-16-14-21)19-28-18-25(23-9-2-4-11-26(23)28)24-10-3-5-12-27(24)28/h2-12,17,21,25,30-31H,13-16,18-19H2,1H3. The predicted octanol–water partition coefficient (Wildman–Crippen LogP) is 5.41.